The number of carbonyl (C=O) groups is 2. The van der Waals surface area contributed by atoms with E-state index in [1.54, 1.807) is 0 Å². The van der Waals surface area contributed by atoms with E-state index >= 15 is 0 Å². The fourth-order valence-electron chi connectivity index (χ4n) is 6.53. The first kappa shape index (κ1) is 54.8. The van der Waals surface area contributed by atoms with E-state index in [1.165, 1.54) is 38.5 Å². The minimum absolute atomic E-state index is 0.0743. The molecule has 1 fully saturated rings. The number of aliphatic hydroxyl groups excluding tert-OH is 5. The van der Waals surface area contributed by atoms with Gasteiger partial charge in [-0.05, 0) is 70.6 Å². The number of aliphatic hydroxyl groups is 5. The van der Waals surface area contributed by atoms with Crippen LogP contribution in [0.4, 0.5) is 0 Å². The molecule has 1 aliphatic carbocycles. The van der Waals surface area contributed by atoms with Gasteiger partial charge in [0.25, 0.3) is 0 Å². The second-order valence-corrected chi connectivity index (χ2v) is 16.9. The Hall–Kier alpha value is -2.19. The molecule has 1 saturated carbocycles. The van der Waals surface area contributed by atoms with Crippen molar-refractivity contribution in [2.24, 2.45) is 0 Å². The largest absolute Gasteiger partial charge is 0.472 e. The zero-order chi connectivity index (χ0) is 43.6. The van der Waals surface area contributed by atoms with Crippen LogP contribution in [-0.4, -0.2) is 98.3 Å². The molecular weight excluding hydrogens is 779 g/mol. The third-order valence-electron chi connectivity index (χ3n) is 10.2. The molecule has 0 aromatic heterocycles. The monoisotopic (exact) mass is 859 g/mol. The molecule has 0 saturated heterocycles. The molecule has 13 nitrogen and oxygen atoms in total. The molecule has 0 aromatic carbocycles. The summed E-state index contributed by atoms with van der Waals surface area (Å²) in [5.74, 6) is -1.13. The van der Waals surface area contributed by atoms with E-state index < -0.39 is 75.7 Å². The minimum atomic E-state index is -5.12. The fraction of sp³-hybridized carbons (Fsp3) is 0.778. The Morgan fingerprint density at radius 3 is 1.49 bits per heavy atom. The summed E-state index contributed by atoms with van der Waals surface area (Å²) in [6.07, 6.45) is 27.4. The number of ether oxygens (including phenoxy) is 2. The molecule has 0 amide bonds. The van der Waals surface area contributed by atoms with Crippen LogP contribution < -0.4 is 0 Å². The van der Waals surface area contributed by atoms with Gasteiger partial charge in [0, 0.05) is 12.8 Å². The van der Waals surface area contributed by atoms with E-state index in [-0.39, 0.29) is 12.8 Å². The maximum atomic E-state index is 12.8. The van der Waals surface area contributed by atoms with Crippen LogP contribution in [0, 0.1) is 0 Å². The fourth-order valence-corrected chi connectivity index (χ4v) is 7.50. The average Bonchev–Trinajstić information content (AvgIpc) is 3.21. The van der Waals surface area contributed by atoms with E-state index in [0.29, 0.717) is 12.8 Å². The first-order chi connectivity index (χ1) is 28.4. The summed E-state index contributed by atoms with van der Waals surface area (Å²) in [5, 5.41) is 50.1. The van der Waals surface area contributed by atoms with Gasteiger partial charge in [0.2, 0.25) is 0 Å². The highest BCUT2D eigenvalue weighted by Gasteiger charge is 2.51. The standard InChI is InChI=1S/C45H79O13P/c1-3-5-7-9-11-13-15-17-19-21-23-25-27-29-31-33-38(46)55-35-37(36-56-59(53,54)58-45-43(51)41(49)40(48)42(50)44(45)52)57-39(47)34-32-30-28-26-24-22-20-18-16-14-12-10-8-6-4-2/h6,8,12,14,17-20,37,40-45,48-52H,3-5,7,9-11,13,15-16,21-36H2,1-2H3,(H,53,54)/b8-6-,14-12-,19-17-,20-18-/t37-,40?,41-,42+,43-,44-,45?/m1/s1. The van der Waals surface area contributed by atoms with Gasteiger partial charge in [-0.3, -0.25) is 18.6 Å². The van der Waals surface area contributed by atoms with Crippen LogP contribution in [0.5, 0.6) is 0 Å². The van der Waals surface area contributed by atoms with Crippen LogP contribution in [0.15, 0.2) is 48.6 Å². The SMILES string of the molecule is CC/C=C\C/C=C\C/C=C\CCCCCCCC(=O)O[C@H](COC(=O)CCCCCCC/C=C\CCCCCCCC)COP(=O)(O)OC1[C@H](O)[C@H](O)C(O)[C@H](O)[C@H]1O. The Kier molecular flexibility index (Phi) is 32.9. The van der Waals surface area contributed by atoms with Crippen molar-refractivity contribution in [2.45, 2.75) is 211 Å². The molecule has 8 atom stereocenters. The maximum absolute atomic E-state index is 12.8. The number of hydrogen-bond acceptors (Lipinski definition) is 12. The predicted octanol–water partition coefficient (Wildman–Crippen LogP) is 8.39. The first-order valence-electron chi connectivity index (χ1n) is 22.4. The van der Waals surface area contributed by atoms with Crippen molar-refractivity contribution >= 4 is 19.8 Å². The Balaban J connectivity index is 2.49. The lowest BCUT2D eigenvalue weighted by atomic mass is 9.85. The zero-order valence-electron chi connectivity index (χ0n) is 36.0. The molecule has 0 heterocycles. The molecule has 342 valence electrons. The number of phosphoric acid groups is 1. The van der Waals surface area contributed by atoms with E-state index in [4.69, 9.17) is 18.5 Å². The van der Waals surface area contributed by atoms with Gasteiger partial charge in [-0.15, -0.1) is 0 Å². The molecule has 59 heavy (non-hydrogen) atoms. The second-order valence-electron chi connectivity index (χ2n) is 15.5. The van der Waals surface area contributed by atoms with Crippen LogP contribution in [-0.2, 0) is 32.7 Å². The smallest absolute Gasteiger partial charge is 0.462 e. The molecule has 0 aliphatic heterocycles. The van der Waals surface area contributed by atoms with Crippen LogP contribution in [0.3, 0.4) is 0 Å². The number of carbonyl (C=O) groups excluding carboxylic acids is 2. The quantitative estimate of drug-likeness (QED) is 0.0152. The molecule has 0 aromatic rings. The van der Waals surface area contributed by atoms with Crippen molar-refractivity contribution in [1.29, 1.82) is 0 Å². The van der Waals surface area contributed by atoms with Gasteiger partial charge in [-0.2, -0.15) is 0 Å². The predicted molar refractivity (Wildman–Crippen MR) is 230 cm³/mol. The summed E-state index contributed by atoms with van der Waals surface area (Å²) in [6.45, 7) is 3.15. The zero-order valence-corrected chi connectivity index (χ0v) is 36.9. The van der Waals surface area contributed by atoms with E-state index in [2.05, 4.69) is 62.5 Å². The van der Waals surface area contributed by atoms with Crippen molar-refractivity contribution in [1.82, 2.24) is 0 Å². The summed E-state index contributed by atoms with van der Waals surface area (Å²) in [4.78, 5) is 35.6. The second kappa shape index (κ2) is 35.4. The van der Waals surface area contributed by atoms with Gasteiger partial charge in [0.05, 0.1) is 6.61 Å². The van der Waals surface area contributed by atoms with Crippen molar-refractivity contribution < 1.29 is 63.1 Å². The Morgan fingerprint density at radius 1 is 0.542 bits per heavy atom. The molecule has 3 unspecified atom stereocenters. The molecule has 0 bridgehead atoms. The third-order valence-corrected chi connectivity index (χ3v) is 11.1. The lowest BCUT2D eigenvalue weighted by molar-refractivity contribution is -0.220. The number of phosphoric ester groups is 1. The van der Waals surface area contributed by atoms with E-state index in [1.807, 2.05) is 0 Å². The van der Waals surface area contributed by atoms with Gasteiger partial charge >= 0.3 is 19.8 Å². The third kappa shape index (κ3) is 28.1. The van der Waals surface area contributed by atoms with E-state index in [9.17, 15) is 44.6 Å². The number of allylic oxidation sites excluding steroid dienone is 8. The van der Waals surface area contributed by atoms with Crippen LogP contribution in [0.2, 0.25) is 0 Å². The highest BCUT2D eigenvalue weighted by Crippen LogP contribution is 2.47. The van der Waals surface area contributed by atoms with Crippen molar-refractivity contribution in [3.05, 3.63) is 48.6 Å². The van der Waals surface area contributed by atoms with Crippen molar-refractivity contribution in [2.75, 3.05) is 13.2 Å². The molecule has 1 aliphatic rings. The number of rotatable bonds is 36. The average molecular weight is 859 g/mol. The van der Waals surface area contributed by atoms with Gasteiger partial charge in [-0.25, -0.2) is 4.57 Å². The van der Waals surface area contributed by atoms with Crippen LogP contribution in [0.25, 0.3) is 0 Å². The highest BCUT2D eigenvalue weighted by molar-refractivity contribution is 7.47. The van der Waals surface area contributed by atoms with Gasteiger partial charge in [0.1, 0.15) is 43.2 Å². The van der Waals surface area contributed by atoms with Crippen molar-refractivity contribution in [3.63, 3.8) is 0 Å². The summed E-state index contributed by atoms with van der Waals surface area (Å²) >= 11 is 0. The van der Waals surface area contributed by atoms with Crippen LogP contribution >= 0.6 is 7.82 Å². The lowest BCUT2D eigenvalue weighted by Crippen LogP contribution is -2.64. The van der Waals surface area contributed by atoms with Gasteiger partial charge < -0.3 is 39.9 Å². The van der Waals surface area contributed by atoms with Crippen LogP contribution in [0.1, 0.15) is 168 Å². The van der Waals surface area contributed by atoms with Crippen molar-refractivity contribution in [3.8, 4) is 0 Å². The lowest BCUT2D eigenvalue weighted by Gasteiger charge is -2.41. The number of esters is 2. The number of hydrogen-bond donors (Lipinski definition) is 6. The molecule has 14 heteroatoms. The van der Waals surface area contributed by atoms with E-state index in [0.717, 1.165) is 89.9 Å². The minimum Gasteiger partial charge on any atom is -0.462 e. The normalized spacial score (nSPS) is 22.8. The molecule has 6 N–H and O–H groups in total. The molecular formula is C45H79O13P. The topological polar surface area (TPSA) is 210 Å². The Bertz CT molecular complexity index is 1220. The highest BCUT2D eigenvalue weighted by atomic mass is 31.2. The summed E-state index contributed by atoms with van der Waals surface area (Å²) in [7, 11) is -5.12. The Morgan fingerprint density at radius 2 is 0.966 bits per heavy atom. The summed E-state index contributed by atoms with van der Waals surface area (Å²) in [6, 6.07) is 0. The summed E-state index contributed by atoms with van der Waals surface area (Å²) < 4.78 is 33.5. The molecule has 0 radical (unpaired) electrons. The Labute approximate surface area is 354 Å². The van der Waals surface area contributed by atoms with Gasteiger partial charge in [0.15, 0.2) is 6.10 Å². The maximum Gasteiger partial charge on any atom is 0.472 e. The molecule has 1 rings (SSSR count). The first-order valence-corrected chi connectivity index (χ1v) is 23.9. The molecule has 0 spiro atoms. The summed E-state index contributed by atoms with van der Waals surface area (Å²) in [5.41, 5.74) is 0. The number of unbranched alkanes of at least 4 members (excludes halogenated alkanes) is 16. The van der Waals surface area contributed by atoms with Gasteiger partial charge in [-0.1, -0.05) is 133 Å².